The molecule has 0 saturated carbocycles. The molecule has 0 N–H and O–H groups in total. The van der Waals surface area contributed by atoms with Gasteiger partial charge in [-0.15, -0.1) is 0 Å². The first-order chi connectivity index (χ1) is 27.3. The zero-order chi connectivity index (χ0) is 36.6. The van der Waals surface area contributed by atoms with Gasteiger partial charge in [-0.1, -0.05) is 200 Å². The second kappa shape index (κ2) is 13.7. The molecule has 10 rings (SSSR count). The van der Waals surface area contributed by atoms with Crippen LogP contribution in [-0.2, 0) is 5.41 Å². The zero-order valence-electron chi connectivity index (χ0n) is 30.2. The largest absolute Gasteiger partial charge is 0.228 e. The van der Waals surface area contributed by atoms with Crippen LogP contribution in [-0.4, -0.2) is 9.97 Å². The number of nitrogens with zero attached hydrogens (tertiary/aromatic N) is 2. The maximum Gasteiger partial charge on any atom is 0.161 e. The molecule has 2 heteroatoms. The van der Waals surface area contributed by atoms with Crippen LogP contribution in [0.4, 0.5) is 0 Å². The van der Waals surface area contributed by atoms with Gasteiger partial charge < -0.3 is 0 Å². The Hall–Kier alpha value is -7.16. The number of aromatic nitrogens is 2. The summed E-state index contributed by atoms with van der Waals surface area (Å²) in [6.45, 7) is 0. The minimum Gasteiger partial charge on any atom is -0.228 e. The lowest BCUT2D eigenvalue weighted by atomic mass is 9.67. The van der Waals surface area contributed by atoms with Crippen LogP contribution in [0.2, 0.25) is 0 Å². The van der Waals surface area contributed by atoms with E-state index in [1.54, 1.807) is 0 Å². The van der Waals surface area contributed by atoms with Crippen molar-refractivity contribution in [3.8, 4) is 67.3 Å². The number of benzene rings is 8. The fourth-order valence-electron chi connectivity index (χ4n) is 8.47. The topological polar surface area (TPSA) is 25.8 Å². The average molecular weight is 701 g/mol. The number of rotatable bonds is 7. The van der Waals surface area contributed by atoms with E-state index in [9.17, 15) is 0 Å². The van der Waals surface area contributed by atoms with Crippen LogP contribution in [0.25, 0.3) is 67.3 Å². The van der Waals surface area contributed by atoms with Crippen LogP contribution in [0.3, 0.4) is 0 Å². The monoisotopic (exact) mass is 700 g/mol. The smallest absolute Gasteiger partial charge is 0.161 e. The van der Waals surface area contributed by atoms with Crippen LogP contribution in [0.5, 0.6) is 0 Å². The highest BCUT2D eigenvalue weighted by molar-refractivity contribution is 5.94. The van der Waals surface area contributed by atoms with Crippen molar-refractivity contribution in [3.05, 3.63) is 241 Å². The molecule has 0 bridgehead atoms. The summed E-state index contributed by atoms with van der Waals surface area (Å²) in [6.07, 6.45) is 0. The van der Waals surface area contributed by atoms with Gasteiger partial charge in [0.05, 0.1) is 16.8 Å². The summed E-state index contributed by atoms with van der Waals surface area (Å²) in [6, 6.07) is 78.1. The van der Waals surface area contributed by atoms with Gasteiger partial charge in [0, 0.05) is 16.7 Å². The predicted molar refractivity (Wildman–Crippen MR) is 227 cm³/mol. The normalized spacial score (nSPS) is 12.5. The van der Waals surface area contributed by atoms with Crippen LogP contribution < -0.4 is 0 Å². The molecule has 2 nitrogen and oxygen atoms in total. The van der Waals surface area contributed by atoms with E-state index >= 15 is 0 Å². The second-order valence-corrected chi connectivity index (χ2v) is 14.1. The molecule has 0 aliphatic heterocycles. The third kappa shape index (κ3) is 5.59. The van der Waals surface area contributed by atoms with E-state index in [4.69, 9.17) is 9.97 Å². The van der Waals surface area contributed by atoms with Gasteiger partial charge in [-0.05, 0) is 73.8 Å². The van der Waals surface area contributed by atoms with Crippen molar-refractivity contribution in [3.63, 3.8) is 0 Å². The first-order valence-electron chi connectivity index (χ1n) is 18.8. The highest BCUT2D eigenvalue weighted by Gasteiger charge is 2.46. The maximum atomic E-state index is 5.41. The number of hydrogen-bond donors (Lipinski definition) is 0. The van der Waals surface area contributed by atoms with Crippen molar-refractivity contribution in [2.24, 2.45) is 0 Å². The summed E-state index contributed by atoms with van der Waals surface area (Å²) in [5.41, 5.74) is 16.3. The average Bonchev–Trinajstić information content (AvgIpc) is 3.57. The van der Waals surface area contributed by atoms with Gasteiger partial charge in [0.1, 0.15) is 0 Å². The Kier molecular flexibility index (Phi) is 8.08. The van der Waals surface area contributed by atoms with E-state index < -0.39 is 5.41 Å². The van der Waals surface area contributed by atoms with E-state index in [2.05, 4.69) is 212 Å². The van der Waals surface area contributed by atoms with E-state index in [0.29, 0.717) is 5.82 Å². The molecule has 1 aliphatic rings. The molecule has 9 aromatic rings. The molecule has 0 radical (unpaired) electrons. The summed E-state index contributed by atoms with van der Waals surface area (Å²) in [5.74, 6) is 0.694. The van der Waals surface area contributed by atoms with Crippen molar-refractivity contribution in [2.75, 3.05) is 0 Å². The molecule has 8 aromatic carbocycles. The highest BCUT2D eigenvalue weighted by atomic mass is 14.9. The fourth-order valence-corrected chi connectivity index (χ4v) is 8.47. The van der Waals surface area contributed by atoms with E-state index in [1.165, 1.54) is 44.5 Å². The molecule has 55 heavy (non-hydrogen) atoms. The highest BCUT2D eigenvalue weighted by Crippen LogP contribution is 2.57. The van der Waals surface area contributed by atoms with Crippen LogP contribution in [0.15, 0.2) is 218 Å². The van der Waals surface area contributed by atoms with Crippen molar-refractivity contribution >= 4 is 0 Å². The van der Waals surface area contributed by atoms with Gasteiger partial charge in [0.15, 0.2) is 5.82 Å². The van der Waals surface area contributed by atoms with Gasteiger partial charge in [0.25, 0.3) is 0 Å². The summed E-state index contributed by atoms with van der Waals surface area (Å²) >= 11 is 0. The summed E-state index contributed by atoms with van der Waals surface area (Å²) in [4.78, 5) is 10.8. The SMILES string of the molecule is c1ccc(-c2ccc(-c3cc(-c4ccccc4)nc(-c4cc5c(cc4-c4ccccc4)C(c4ccccc4)(c4ccccc4)c4ccccc4-5)n3)cc2)cc1. The predicted octanol–water partition coefficient (Wildman–Crippen LogP) is 13.2. The molecule has 258 valence electrons. The van der Waals surface area contributed by atoms with Crippen LogP contribution >= 0.6 is 0 Å². The quantitative estimate of drug-likeness (QED) is 0.165. The molecule has 0 amide bonds. The third-order valence-corrected chi connectivity index (χ3v) is 11.0. The maximum absolute atomic E-state index is 5.41. The zero-order valence-corrected chi connectivity index (χ0v) is 30.2. The Labute approximate surface area is 322 Å². The first kappa shape index (κ1) is 32.5. The lowest BCUT2D eigenvalue weighted by molar-refractivity contribution is 0.769. The van der Waals surface area contributed by atoms with Gasteiger partial charge in [-0.2, -0.15) is 0 Å². The Balaban J connectivity index is 1.25. The molecule has 0 unspecified atom stereocenters. The Morgan fingerprint density at radius 1 is 0.273 bits per heavy atom. The first-order valence-corrected chi connectivity index (χ1v) is 18.8. The second-order valence-electron chi connectivity index (χ2n) is 14.1. The summed E-state index contributed by atoms with van der Waals surface area (Å²) < 4.78 is 0. The summed E-state index contributed by atoms with van der Waals surface area (Å²) in [5, 5.41) is 0. The lowest BCUT2D eigenvalue weighted by Gasteiger charge is -2.34. The molecule has 1 heterocycles. The van der Waals surface area contributed by atoms with Gasteiger partial charge in [-0.3, -0.25) is 0 Å². The molecular weight excluding hydrogens is 665 g/mol. The van der Waals surface area contributed by atoms with Gasteiger partial charge in [0.2, 0.25) is 0 Å². The number of hydrogen-bond acceptors (Lipinski definition) is 2. The van der Waals surface area contributed by atoms with E-state index in [1.807, 2.05) is 6.07 Å². The van der Waals surface area contributed by atoms with Crippen molar-refractivity contribution in [1.82, 2.24) is 9.97 Å². The van der Waals surface area contributed by atoms with Crippen molar-refractivity contribution < 1.29 is 0 Å². The fraction of sp³-hybridized carbons (Fsp3) is 0.0189. The van der Waals surface area contributed by atoms with Crippen molar-refractivity contribution in [1.29, 1.82) is 0 Å². The molecule has 0 fully saturated rings. The molecule has 0 saturated heterocycles. The molecular formula is C53H36N2. The molecule has 1 aliphatic carbocycles. The Morgan fingerprint density at radius 3 is 1.29 bits per heavy atom. The molecule has 1 aromatic heterocycles. The molecule has 0 atom stereocenters. The minimum atomic E-state index is -0.519. The van der Waals surface area contributed by atoms with E-state index in [-0.39, 0.29) is 0 Å². The van der Waals surface area contributed by atoms with Crippen molar-refractivity contribution in [2.45, 2.75) is 5.41 Å². The Morgan fingerprint density at radius 2 is 0.709 bits per heavy atom. The van der Waals surface area contributed by atoms with Crippen LogP contribution in [0, 0.1) is 0 Å². The van der Waals surface area contributed by atoms with E-state index in [0.717, 1.165) is 39.2 Å². The molecule has 0 spiro atoms. The van der Waals surface area contributed by atoms with Gasteiger partial charge >= 0.3 is 0 Å². The standard InChI is InChI=1S/C53H36N2/c1-6-18-37(19-7-1)38-30-32-41(33-31-38)51-36-50(40-22-10-3-11-23-40)54-52(55-51)47-34-46-44-28-16-17-29-48(44)53(42-24-12-4-13-25-42,43-26-14-5-15-27-43)49(46)35-45(47)39-20-8-2-9-21-39/h1-36H. The third-order valence-electron chi connectivity index (χ3n) is 11.0. The Bertz CT molecular complexity index is 2720. The summed E-state index contributed by atoms with van der Waals surface area (Å²) in [7, 11) is 0. The van der Waals surface area contributed by atoms with Gasteiger partial charge in [-0.25, -0.2) is 9.97 Å². The van der Waals surface area contributed by atoms with Crippen LogP contribution in [0.1, 0.15) is 22.3 Å². The number of fused-ring (bicyclic) bond motifs is 3. The minimum absolute atomic E-state index is 0.519. The lowest BCUT2D eigenvalue weighted by Crippen LogP contribution is -2.28.